The molecule has 1 aromatic heterocycles. The van der Waals surface area contributed by atoms with Gasteiger partial charge in [0.25, 0.3) is 5.91 Å². The average molecular weight is 445 g/mol. The number of hydrogen-bond donors (Lipinski definition) is 0. The fraction of sp³-hybridized carbons (Fsp3) is 0.304. The second kappa shape index (κ2) is 8.42. The lowest BCUT2D eigenvalue weighted by Gasteiger charge is -2.28. The summed E-state index contributed by atoms with van der Waals surface area (Å²) in [6.45, 7) is 7.08. The third-order valence-electron chi connectivity index (χ3n) is 5.68. The van der Waals surface area contributed by atoms with Crippen LogP contribution in [-0.2, 0) is 0 Å². The number of amides is 1. The number of fused-ring (bicyclic) bond motifs is 2. The van der Waals surface area contributed by atoms with Crippen LogP contribution in [0.3, 0.4) is 0 Å². The molecule has 1 unspecified atom stereocenters. The van der Waals surface area contributed by atoms with E-state index in [1.54, 1.807) is 47.4 Å². The Labute approximate surface area is 184 Å². The van der Waals surface area contributed by atoms with Gasteiger partial charge in [-0.3, -0.25) is 9.59 Å². The number of rotatable bonds is 6. The van der Waals surface area contributed by atoms with E-state index in [1.165, 1.54) is 0 Å². The summed E-state index contributed by atoms with van der Waals surface area (Å²) in [5, 5.41) is 1.26. The monoisotopic (exact) mass is 444 g/mol. The van der Waals surface area contributed by atoms with Gasteiger partial charge in [0, 0.05) is 13.1 Å². The molecule has 156 valence electrons. The van der Waals surface area contributed by atoms with Crippen LogP contribution in [0.2, 0.25) is 10.0 Å². The van der Waals surface area contributed by atoms with Crippen LogP contribution in [0.15, 0.2) is 51.7 Å². The summed E-state index contributed by atoms with van der Waals surface area (Å²) in [5.74, 6) is -0.176. The zero-order valence-corrected chi connectivity index (χ0v) is 18.3. The Kier molecular flexibility index (Phi) is 5.87. The Hall–Kier alpha value is -2.34. The Morgan fingerprint density at radius 3 is 2.47 bits per heavy atom. The molecule has 0 radical (unpaired) electrons. The smallest absolute Gasteiger partial charge is 0.290 e. The highest BCUT2D eigenvalue weighted by molar-refractivity contribution is 6.42. The molecule has 3 aromatic rings. The molecule has 5 nitrogen and oxygen atoms in total. The van der Waals surface area contributed by atoms with E-state index < -0.39 is 6.04 Å². The minimum Gasteiger partial charge on any atom is -0.450 e. The first-order valence-electron chi connectivity index (χ1n) is 10.00. The summed E-state index contributed by atoms with van der Waals surface area (Å²) in [5.41, 5.74) is 1.31. The summed E-state index contributed by atoms with van der Waals surface area (Å²) < 4.78 is 5.93. The van der Waals surface area contributed by atoms with E-state index >= 15 is 0 Å². The van der Waals surface area contributed by atoms with Crippen molar-refractivity contribution in [1.82, 2.24) is 9.80 Å². The third kappa shape index (κ3) is 3.51. The SMILES string of the molecule is CCN(CC)CCN1C(=O)c2oc3ccccc3c(=O)c2C1c1ccc(Cl)c(Cl)c1. The molecule has 0 bridgehead atoms. The minimum atomic E-state index is -0.571. The molecule has 7 heteroatoms. The second-order valence-electron chi connectivity index (χ2n) is 7.27. The minimum absolute atomic E-state index is 0.106. The van der Waals surface area contributed by atoms with Crippen LogP contribution in [0.5, 0.6) is 0 Å². The van der Waals surface area contributed by atoms with Gasteiger partial charge in [-0.25, -0.2) is 0 Å². The topological polar surface area (TPSA) is 53.8 Å². The van der Waals surface area contributed by atoms with E-state index in [9.17, 15) is 9.59 Å². The lowest BCUT2D eigenvalue weighted by molar-refractivity contribution is 0.0708. The van der Waals surface area contributed by atoms with Crippen LogP contribution in [0.25, 0.3) is 11.0 Å². The van der Waals surface area contributed by atoms with Crippen molar-refractivity contribution in [3.63, 3.8) is 0 Å². The van der Waals surface area contributed by atoms with Gasteiger partial charge in [-0.1, -0.05) is 55.2 Å². The van der Waals surface area contributed by atoms with Crippen LogP contribution in [0.1, 0.15) is 41.6 Å². The summed E-state index contributed by atoms with van der Waals surface area (Å²) >= 11 is 12.4. The molecule has 1 aliphatic heterocycles. The molecule has 1 atom stereocenters. The Balaban J connectivity index is 1.88. The lowest BCUT2D eigenvalue weighted by Crippen LogP contribution is -2.37. The van der Waals surface area contributed by atoms with Crippen LogP contribution in [-0.4, -0.2) is 41.9 Å². The molecule has 30 heavy (non-hydrogen) atoms. The molecule has 4 rings (SSSR count). The van der Waals surface area contributed by atoms with Gasteiger partial charge in [0.05, 0.1) is 27.0 Å². The number of para-hydroxylation sites is 1. The van der Waals surface area contributed by atoms with Crippen molar-refractivity contribution in [2.24, 2.45) is 0 Å². The number of halogens is 2. The van der Waals surface area contributed by atoms with E-state index in [1.807, 2.05) is 0 Å². The summed E-state index contributed by atoms with van der Waals surface area (Å²) in [7, 11) is 0. The van der Waals surface area contributed by atoms with Gasteiger partial charge in [0.2, 0.25) is 5.76 Å². The predicted molar refractivity (Wildman–Crippen MR) is 120 cm³/mol. The Morgan fingerprint density at radius 1 is 1.03 bits per heavy atom. The lowest BCUT2D eigenvalue weighted by atomic mass is 9.98. The first kappa shape index (κ1) is 20.9. The number of nitrogens with zero attached hydrogens (tertiary/aromatic N) is 2. The quantitative estimate of drug-likeness (QED) is 0.537. The fourth-order valence-electron chi connectivity index (χ4n) is 4.02. The van der Waals surface area contributed by atoms with Gasteiger partial charge < -0.3 is 14.2 Å². The van der Waals surface area contributed by atoms with Crippen LogP contribution in [0, 0.1) is 0 Å². The molecule has 0 fully saturated rings. The van der Waals surface area contributed by atoms with Crippen molar-refractivity contribution in [2.75, 3.05) is 26.2 Å². The fourth-order valence-corrected chi connectivity index (χ4v) is 4.32. The van der Waals surface area contributed by atoms with Crippen molar-refractivity contribution < 1.29 is 9.21 Å². The molecule has 0 aliphatic carbocycles. The summed E-state index contributed by atoms with van der Waals surface area (Å²) in [6, 6.07) is 11.6. The summed E-state index contributed by atoms with van der Waals surface area (Å²) in [4.78, 5) is 30.7. The molecule has 0 spiro atoms. The van der Waals surface area contributed by atoms with Crippen molar-refractivity contribution in [2.45, 2.75) is 19.9 Å². The van der Waals surface area contributed by atoms with Crippen molar-refractivity contribution in [1.29, 1.82) is 0 Å². The number of benzene rings is 2. The van der Waals surface area contributed by atoms with Crippen molar-refractivity contribution >= 4 is 40.1 Å². The highest BCUT2D eigenvalue weighted by Crippen LogP contribution is 2.39. The van der Waals surface area contributed by atoms with Gasteiger partial charge in [-0.05, 0) is 42.9 Å². The molecule has 1 aliphatic rings. The molecule has 0 saturated carbocycles. The van der Waals surface area contributed by atoms with E-state index in [4.69, 9.17) is 27.6 Å². The van der Waals surface area contributed by atoms with E-state index in [0.717, 1.165) is 18.7 Å². The van der Waals surface area contributed by atoms with Crippen LogP contribution < -0.4 is 5.43 Å². The van der Waals surface area contributed by atoms with E-state index in [0.29, 0.717) is 39.7 Å². The average Bonchev–Trinajstić information content (AvgIpc) is 3.03. The number of likely N-dealkylation sites (N-methyl/N-ethyl adjacent to an activating group) is 1. The van der Waals surface area contributed by atoms with E-state index in [-0.39, 0.29) is 17.1 Å². The Bertz CT molecular complexity index is 1170. The second-order valence-corrected chi connectivity index (χ2v) is 8.09. The van der Waals surface area contributed by atoms with Gasteiger partial charge in [0.15, 0.2) is 5.43 Å². The third-order valence-corrected chi connectivity index (χ3v) is 6.42. The van der Waals surface area contributed by atoms with Gasteiger partial charge >= 0.3 is 0 Å². The van der Waals surface area contributed by atoms with Gasteiger partial charge in [-0.2, -0.15) is 0 Å². The van der Waals surface area contributed by atoms with Gasteiger partial charge in [-0.15, -0.1) is 0 Å². The van der Waals surface area contributed by atoms with Gasteiger partial charge in [0.1, 0.15) is 5.58 Å². The maximum atomic E-state index is 13.4. The first-order valence-corrected chi connectivity index (χ1v) is 10.8. The maximum absolute atomic E-state index is 13.4. The zero-order chi connectivity index (χ0) is 21.4. The molecule has 0 saturated heterocycles. The van der Waals surface area contributed by atoms with E-state index in [2.05, 4.69) is 18.7 Å². The van der Waals surface area contributed by atoms with Crippen LogP contribution >= 0.6 is 23.2 Å². The highest BCUT2D eigenvalue weighted by atomic mass is 35.5. The maximum Gasteiger partial charge on any atom is 0.290 e. The zero-order valence-electron chi connectivity index (χ0n) is 16.8. The summed E-state index contributed by atoms with van der Waals surface area (Å²) in [6.07, 6.45) is 0. The number of hydrogen-bond acceptors (Lipinski definition) is 4. The normalized spacial score (nSPS) is 16.0. The predicted octanol–water partition coefficient (Wildman–Crippen LogP) is 4.99. The largest absolute Gasteiger partial charge is 0.450 e. The molecule has 1 amide bonds. The molecular weight excluding hydrogens is 423 g/mol. The molecule has 2 aromatic carbocycles. The Morgan fingerprint density at radius 2 is 1.77 bits per heavy atom. The molecular formula is C23H22Cl2N2O3. The molecule has 0 N–H and O–H groups in total. The van der Waals surface area contributed by atoms with Crippen molar-refractivity contribution in [3.8, 4) is 0 Å². The number of carbonyl (C=O) groups is 1. The standard InChI is InChI=1S/C23H22Cl2N2O3/c1-3-26(4-2)11-12-27-20(14-9-10-16(24)17(25)13-14)19-21(28)15-7-5-6-8-18(15)30-22(19)23(27)29/h5-10,13,20H,3-4,11-12H2,1-2H3. The van der Waals surface area contributed by atoms with Crippen molar-refractivity contribution in [3.05, 3.63) is 79.6 Å². The molecule has 2 heterocycles. The number of carbonyl (C=O) groups excluding carboxylic acids is 1. The first-order chi connectivity index (χ1) is 14.5. The van der Waals surface area contributed by atoms with Crippen LogP contribution in [0.4, 0.5) is 0 Å². The highest BCUT2D eigenvalue weighted by Gasteiger charge is 2.42.